The molecule has 0 aromatic rings. The van der Waals surface area contributed by atoms with Crippen LogP contribution in [0.15, 0.2) is 0 Å². The van der Waals surface area contributed by atoms with Crippen LogP contribution in [0, 0.1) is 0 Å². The predicted octanol–water partition coefficient (Wildman–Crippen LogP) is 2.83. The molecule has 1 aliphatic rings. The maximum absolute atomic E-state index is 6.15. The van der Waals surface area contributed by atoms with Gasteiger partial charge in [-0.2, -0.15) is 0 Å². The van der Waals surface area contributed by atoms with Gasteiger partial charge in [-0.25, -0.2) is 0 Å². The zero-order valence-electron chi connectivity index (χ0n) is 10.8. The van der Waals surface area contributed by atoms with Crippen molar-refractivity contribution in [1.82, 2.24) is 0 Å². The molecule has 1 rings (SSSR count). The van der Waals surface area contributed by atoms with Crippen LogP contribution >= 0.6 is 0 Å². The molecule has 0 unspecified atom stereocenters. The van der Waals surface area contributed by atoms with Gasteiger partial charge in [-0.3, -0.25) is 0 Å². The molecule has 3 nitrogen and oxygen atoms in total. The smallest absolute Gasteiger partial charge is 0.169 e. The van der Waals surface area contributed by atoms with Gasteiger partial charge in [0.25, 0.3) is 0 Å². The lowest BCUT2D eigenvalue weighted by Gasteiger charge is -2.38. The first kappa shape index (κ1) is 13.9. The molecule has 1 atom stereocenters. The summed E-state index contributed by atoms with van der Waals surface area (Å²) in [5.74, 6) is -0.385. The van der Waals surface area contributed by atoms with Gasteiger partial charge in [-0.05, 0) is 19.3 Å². The van der Waals surface area contributed by atoms with E-state index in [2.05, 4.69) is 13.8 Å². The zero-order chi connectivity index (χ0) is 11.9. The average molecular weight is 229 g/mol. The Morgan fingerprint density at radius 2 is 1.88 bits per heavy atom. The Morgan fingerprint density at radius 3 is 2.44 bits per heavy atom. The van der Waals surface area contributed by atoms with E-state index in [0.29, 0.717) is 0 Å². The van der Waals surface area contributed by atoms with Gasteiger partial charge in [0.15, 0.2) is 5.79 Å². The predicted molar refractivity (Wildman–Crippen MR) is 66.3 cm³/mol. The van der Waals surface area contributed by atoms with Gasteiger partial charge < -0.3 is 15.2 Å². The molecule has 0 bridgehead atoms. The van der Waals surface area contributed by atoms with Crippen LogP contribution in [0.4, 0.5) is 0 Å². The van der Waals surface area contributed by atoms with Crippen LogP contribution in [0.1, 0.15) is 58.8 Å². The van der Waals surface area contributed by atoms with E-state index in [0.717, 1.165) is 38.9 Å². The van der Waals surface area contributed by atoms with Crippen molar-refractivity contribution in [3.05, 3.63) is 0 Å². The second-order valence-electron chi connectivity index (χ2n) is 4.77. The Hall–Kier alpha value is -0.120. The fourth-order valence-corrected chi connectivity index (χ4v) is 2.24. The Kier molecular flexibility index (Phi) is 6.32. The molecule has 0 radical (unpaired) electrons. The van der Waals surface area contributed by atoms with Crippen LogP contribution in [-0.4, -0.2) is 25.0 Å². The topological polar surface area (TPSA) is 44.5 Å². The number of hydrogen-bond donors (Lipinski definition) is 1. The van der Waals surface area contributed by atoms with E-state index < -0.39 is 0 Å². The van der Waals surface area contributed by atoms with Crippen LogP contribution in [0.5, 0.6) is 0 Å². The molecule has 0 aliphatic carbocycles. The molecule has 0 amide bonds. The third-order valence-corrected chi connectivity index (χ3v) is 3.31. The molecule has 96 valence electrons. The van der Waals surface area contributed by atoms with Crippen molar-refractivity contribution < 1.29 is 9.47 Å². The fourth-order valence-electron chi connectivity index (χ4n) is 2.24. The standard InChI is InChI=1S/C13H27NO2/c1-3-5-6-8-12(14)11-13(4-2)15-9-7-10-16-13/h12H,3-11,14H2,1-2H3/t12-/m1/s1. The van der Waals surface area contributed by atoms with Crippen molar-refractivity contribution in [2.45, 2.75) is 70.6 Å². The summed E-state index contributed by atoms with van der Waals surface area (Å²) in [6.07, 6.45) is 7.57. The lowest BCUT2D eigenvalue weighted by atomic mass is 9.98. The quantitative estimate of drug-likeness (QED) is 0.683. The summed E-state index contributed by atoms with van der Waals surface area (Å²) in [6.45, 7) is 5.96. The van der Waals surface area contributed by atoms with E-state index in [1.165, 1.54) is 19.3 Å². The molecule has 3 heteroatoms. The monoisotopic (exact) mass is 229 g/mol. The van der Waals surface area contributed by atoms with Crippen molar-refractivity contribution in [3.63, 3.8) is 0 Å². The summed E-state index contributed by atoms with van der Waals surface area (Å²) in [7, 11) is 0. The highest BCUT2D eigenvalue weighted by molar-refractivity contribution is 4.77. The Balaban J connectivity index is 2.30. The minimum absolute atomic E-state index is 0.213. The van der Waals surface area contributed by atoms with E-state index >= 15 is 0 Å². The Labute approximate surface area is 99.7 Å². The Morgan fingerprint density at radius 1 is 1.19 bits per heavy atom. The number of rotatable bonds is 7. The highest BCUT2D eigenvalue weighted by Gasteiger charge is 2.34. The van der Waals surface area contributed by atoms with Gasteiger partial charge in [0, 0.05) is 12.5 Å². The third kappa shape index (κ3) is 4.40. The summed E-state index contributed by atoms with van der Waals surface area (Å²) in [5.41, 5.74) is 6.15. The van der Waals surface area contributed by atoms with Gasteiger partial charge >= 0.3 is 0 Å². The minimum Gasteiger partial charge on any atom is -0.350 e. The molecule has 0 spiro atoms. The van der Waals surface area contributed by atoms with Gasteiger partial charge in [0.05, 0.1) is 13.2 Å². The molecule has 0 aromatic carbocycles. The SMILES string of the molecule is CCCCC[C@@H](N)CC1(CC)OCCCO1. The summed E-state index contributed by atoms with van der Waals surface area (Å²) in [5, 5.41) is 0. The van der Waals surface area contributed by atoms with Gasteiger partial charge in [-0.1, -0.05) is 33.1 Å². The van der Waals surface area contributed by atoms with Crippen molar-refractivity contribution in [3.8, 4) is 0 Å². The third-order valence-electron chi connectivity index (χ3n) is 3.31. The highest BCUT2D eigenvalue weighted by atomic mass is 16.7. The van der Waals surface area contributed by atoms with Crippen LogP contribution in [-0.2, 0) is 9.47 Å². The molecule has 1 saturated heterocycles. The first-order valence-corrected chi connectivity index (χ1v) is 6.76. The largest absolute Gasteiger partial charge is 0.350 e. The number of ether oxygens (including phenoxy) is 2. The fraction of sp³-hybridized carbons (Fsp3) is 1.00. The van der Waals surface area contributed by atoms with E-state index in [-0.39, 0.29) is 11.8 Å². The summed E-state index contributed by atoms with van der Waals surface area (Å²) in [4.78, 5) is 0. The maximum atomic E-state index is 6.15. The van der Waals surface area contributed by atoms with Gasteiger partial charge in [-0.15, -0.1) is 0 Å². The van der Waals surface area contributed by atoms with Crippen LogP contribution < -0.4 is 5.73 Å². The molecule has 1 fully saturated rings. The second kappa shape index (κ2) is 7.25. The molecular weight excluding hydrogens is 202 g/mol. The van der Waals surface area contributed by atoms with E-state index in [9.17, 15) is 0 Å². The molecule has 1 heterocycles. The van der Waals surface area contributed by atoms with Gasteiger partial charge in [0.2, 0.25) is 0 Å². The number of hydrogen-bond acceptors (Lipinski definition) is 3. The van der Waals surface area contributed by atoms with Crippen molar-refractivity contribution >= 4 is 0 Å². The van der Waals surface area contributed by atoms with Crippen LogP contribution in [0.2, 0.25) is 0 Å². The second-order valence-corrected chi connectivity index (χ2v) is 4.77. The maximum Gasteiger partial charge on any atom is 0.169 e. The van der Waals surface area contributed by atoms with Crippen molar-refractivity contribution in [2.24, 2.45) is 5.73 Å². The van der Waals surface area contributed by atoms with Crippen LogP contribution in [0.25, 0.3) is 0 Å². The van der Waals surface area contributed by atoms with E-state index in [1.807, 2.05) is 0 Å². The molecule has 2 N–H and O–H groups in total. The first-order chi connectivity index (χ1) is 7.72. The Bertz CT molecular complexity index is 179. The molecule has 0 saturated carbocycles. The lowest BCUT2D eigenvalue weighted by molar-refractivity contribution is -0.273. The molecule has 16 heavy (non-hydrogen) atoms. The lowest BCUT2D eigenvalue weighted by Crippen LogP contribution is -2.44. The normalized spacial score (nSPS) is 21.9. The average Bonchev–Trinajstić information content (AvgIpc) is 2.30. The first-order valence-electron chi connectivity index (χ1n) is 6.76. The molecule has 1 aliphatic heterocycles. The number of unbranched alkanes of at least 4 members (excludes halogenated alkanes) is 2. The summed E-state index contributed by atoms with van der Waals surface area (Å²) < 4.78 is 11.6. The van der Waals surface area contributed by atoms with Crippen molar-refractivity contribution in [1.29, 1.82) is 0 Å². The van der Waals surface area contributed by atoms with E-state index in [4.69, 9.17) is 15.2 Å². The van der Waals surface area contributed by atoms with E-state index in [1.54, 1.807) is 0 Å². The zero-order valence-corrected chi connectivity index (χ0v) is 10.8. The molecular formula is C13H27NO2. The van der Waals surface area contributed by atoms with Crippen molar-refractivity contribution in [2.75, 3.05) is 13.2 Å². The highest BCUT2D eigenvalue weighted by Crippen LogP contribution is 2.28. The molecule has 0 aromatic heterocycles. The minimum atomic E-state index is -0.385. The number of nitrogens with two attached hydrogens (primary N) is 1. The van der Waals surface area contributed by atoms with Crippen LogP contribution in [0.3, 0.4) is 0 Å². The summed E-state index contributed by atoms with van der Waals surface area (Å²) >= 11 is 0. The van der Waals surface area contributed by atoms with Gasteiger partial charge in [0.1, 0.15) is 0 Å². The summed E-state index contributed by atoms with van der Waals surface area (Å²) in [6, 6.07) is 0.213.